The van der Waals surface area contributed by atoms with E-state index >= 15 is 0 Å². The van der Waals surface area contributed by atoms with Gasteiger partial charge in [0, 0.05) is 49.0 Å². The number of allylic oxidation sites excluding steroid dienone is 4. The minimum Gasteiger partial charge on any atom is -0.456 e. The maximum absolute atomic E-state index is 6.10. The first-order valence-corrected chi connectivity index (χ1v) is 19.8. The monoisotopic (exact) mass is 728 g/mol. The maximum atomic E-state index is 6.10. The summed E-state index contributed by atoms with van der Waals surface area (Å²) in [6.45, 7) is 0. The number of nitrogens with zero attached hydrogens (tertiary/aromatic N) is 2. The van der Waals surface area contributed by atoms with Crippen LogP contribution in [0.2, 0.25) is 0 Å². The van der Waals surface area contributed by atoms with Gasteiger partial charge < -0.3 is 13.6 Å². The van der Waals surface area contributed by atoms with Crippen LogP contribution in [0.3, 0.4) is 0 Å². The van der Waals surface area contributed by atoms with Gasteiger partial charge in [-0.2, -0.15) is 0 Å². The van der Waals surface area contributed by atoms with Gasteiger partial charge in [0.25, 0.3) is 0 Å². The molecule has 3 nitrogen and oxygen atoms in total. The average Bonchev–Trinajstić information content (AvgIpc) is 3.94. The molecule has 0 N–H and O–H groups in total. The molecule has 0 fully saturated rings. The van der Waals surface area contributed by atoms with Crippen LogP contribution in [-0.2, 0) is 0 Å². The Kier molecular flexibility index (Phi) is 7.05. The molecule has 1 unspecified atom stereocenters. The van der Waals surface area contributed by atoms with E-state index in [9.17, 15) is 0 Å². The van der Waals surface area contributed by atoms with Crippen LogP contribution in [0.5, 0.6) is 0 Å². The normalized spacial score (nSPS) is 14.5. The second kappa shape index (κ2) is 12.6. The Balaban J connectivity index is 0.919. The third-order valence-corrected chi connectivity index (χ3v) is 12.1. The summed E-state index contributed by atoms with van der Waals surface area (Å²) in [6.07, 6.45) is 8.01. The lowest BCUT2D eigenvalue weighted by molar-refractivity contribution is 0.649. The summed E-state index contributed by atoms with van der Waals surface area (Å²) in [4.78, 5) is 0. The molecule has 0 radical (unpaired) electrons. The molecule has 0 saturated heterocycles. The summed E-state index contributed by atoms with van der Waals surface area (Å²) in [5, 5.41) is 7.37. The SMILES string of the molecule is C1=CC(n2c3ccccc3c3cc(-c4ccc5c(c4)c4ccccc4n5-c4ccc(-c5ccc6oc7ccccc7c6c5)cc4)ccc32)CC=C1c1ccccc1. The van der Waals surface area contributed by atoms with Crippen LogP contribution in [0.15, 0.2) is 205 Å². The minimum atomic E-state index is 0.253. The average molecular weight is 729 g/mol. The lowest BCUT2D eigenvalue weighted by atomic mass is 9.97. The molecule has 3 aromatic heterocycles. The Morgan fingerprint density at radius 1 is 0.404 bits per heavy atom. The predicted molar refractivity (Wildman–Crippen MR) is 239 cm³/mol. The molecule has 268 valence electrons. The van der Waals surface area contributed by atoms with Crippen molar-refractivity contribution >= 4 is 71.1 Å². The van der Waals surface area contributed by atoms with Crippen LogP contribution in [0, 0.1) is 0 Å². The zero-order valence-electron chi connectivity index (χ0n) is 31.1. The van der Waals surface area contributed by atoms with E-state index in [4.69, 9.17) is 4.42 Å². The fourth-order valence-corrected chi connectivity index (χ4v) is 9.32. The Morgan fingerprint density at radius 3 is 1.72 bits per heavy atom. The van der Waals surface area contributed by atoms with Gasteiger partial charge in [0.2, 0.25) is 0 Å². The predicted octanol–water partition coefficient (Wildman–Crippen LogP) is 14.7. The van der Waals surface area contributed by atoms with Crippen molar-refractivity contribution in [3.8, 4) is 27.9 Å². The van der Waals surface area contributed by atoms with Crippen molar-refractivity contribution < 1.29 is 4.42 Å². The molecule has 1 aliphatic carbocycles. The molecule has 0 bridgehead atoms. The second-order valence-corrected chi connectivity index (χ2v) is 15.2. The highest BCUT2D eigenvalue weighted by atomic mass is 16.3. The number of rotatable bonds is 5. The summed E-state index contributed by atoms with van der Waals surface area (Å²) in [5.41, 5.74) is 15.3. The maximum Gasteiger partial charge on any atom is 0.135 e. The molecule has 1 aliphatic rings. The number of hydrogen-bond acceptors (Lipinski definition) is 1. The Bertz CT molecular complexity index is 3430. The van der Waals surface area contributed by atoms with E-state index in [0.29, 0.717) is 0 Å². The van der Waals surface area contributed by atoms with E-state index in [-0.39, 0.29) is 6.04 Å². The number of para-hydroxylation sites is 3. The van der Waals surface area contributed by atoms with Gasteiger partial charge in [0.1, 0.15) is 11.2 Å². The van der Waals surface area contributed by atoms with E-state index in [1.807, 2.05) is 12.1 Å². The molecule has 8 aromatic carbocycles. The molecule has 11 aromatic rings. The van der Waals surface area contributed by atoms with Crippen molar-refractivity contribution in [1.29, 1.82) is 0 Å². The van der Waals surface area contributed by atoms with Crippen LogP contribution in [0.4, 0.5) is 0 Å². The molecule has 12 rings (SSSR count). The van der Waals surface area contributed by atoms with Gasteiger partial charge in [0.15, 0.2) is 0 Å². The van der Waals surface area contributed by atoms with Crippen LogP contribution in [-0.4, -0.2) is 9.13 Å². The number of benzene rings is 8. The van der Waals surface area contributed by atoms with E-state index in [1.165, 1.54) is 77.0 Å². The number of fused-ring (bicyclic) bond motifs is 9. The summed E-state index contributed by atoms with van der Waals surface area (Å²) in [5.74, 6) is 0. The largest absolute Gasteiger partial charge is 0.456 e. The third-order valence-electron chi connectivity index (χ3n) is 12.1. The van der Waals surface area contributed by atoms with Gasteiger partial charge >= 0.3 is 0 Å². The summed E-state index contributed by atoms with van der Waals surface area (Å²) < 4.78 is 11.0. The molecule has 57 heavy (non-hydrogen) atoms. The molecular formula is C54H36N2O. The van der Waals surface area contributed by atoms with Crippen molar-refractivity contribution in [2.24, 2.45) is 0 Å². The first-order chi connectivity index (χ1) is 28.2. The molecule has 0 spiro atoms. The van der Waals surface area contributed by atoms with Gasteiger partial charge in [-0.1, -0.05) is 133 Å². The van der Waals surface area contributed by atoms with Gasteiger partial charge in [-0.05, 0) is 107 Å². The van der Waals surface area contributed by atoms with Crippen molar-refractivity contribution in [3.05, 3.63) is 206 Å². The number of aromatic nitrogens is 2. The standard InChI is InChI=1S/C54H36N2O/c1-2-10-35(11-3-1)36-18-25-41(26-19-36)55-49-15-7-4-12-43(49)46-32-39(22-29-51(46)55)40-23-30-52-47(33-40)44-13-5-8-16-50(44)56(52)42-27-20-37(21-28-42)38-24-31-54-48(34-38)45-14-6-9-17-53(45)57-54/h1-25,27-34,41H,26H2. The minimum absolute atomic E-state index is 0.253. The van der Waals surface area contributed by atoms with Crippen molar-refractivity contribution in [1.82, 2.24) is 9.13 Å². The molecule has 0 aliphatic heterocycles. The Labute approximate surface area is 329 Å². The fourth-order valence-electron chi connectivity index (χ4n) is 9.32. The first kappa shape index (κ1) is 31.9. The molecule has 1 atom stereocenters. The molecule has 0 saturated carbocycles. The second-order valence-electron chi connectivity index (χ2n) is 15.2. The fraction of sp³-hybridized carbons (Fsp3) is 0.0370. The number of hydrogen-bond donors (Lipinski definition) is 0. The highest BCUT2D eigenvalue weighted by molar-refractivity contribution is 6.12. The highest BCUT2D eigenvalue weighted by Gasteiger charge is 2.20. The highest BCUT2D eigenvalue weighted by Crippen LogP contribution is 2.40. The summed E-state index contributed by atoms with van der Waals surface area (Å²) >= 11 is 0. The zero-order chi connectivity index (χ0) is 37.5. The Hall–Kier alpha value is -7.36. The Morgan fingerprint density at radius 2 is 0.947 bits per heavy atom. The van der Waals surface area contributed by atoms with Gasteiger partial charge in [-0.25, -0.2) is 0 Å². The van der Waals surface area contributed by atoms with Gasteiger partial charge in [0.05, 0.1) is 17.1 Å². The van der Waals surface area contributed by atoms with Crippen molar-refractivity contribution in [2.75, 3.05) is 0 Å². The van der Waals surface area contributed by atoms with E-state index in [2.05, 4.69) is 197 Å². The number of furan rings is 1. The first-order valence-electron chi connectivity index (χ1n) is 19.8. The zero-order valence-corrected chi connectivity index (χ0v) is 31.1. The van der Waals surface area contributed by atoms with Gasteiger partial charge in [-0.3, -0.25) is 0 Å². The van der Waals surface area contributed by atoms with E-state index < -0.39 is 0 Å². The van der Waals surface area contributed by atoms with Crippen LogP contribution in [0.25, 0.3) is 99.1 Å². The van der Waals surface area contributed by atoms with Crippen LogP contribution in [0.1, 0.15) is 18.0 Å². The quantitative estimate of drug-likeness (QED) is 0.173. The summed E-state index contributed by atoms with van der Waals surface area (Å²) in [6, 6.07) is 66.3. The van der Waals surface area contributed by atoms with Gasteiger partial charge in [-0.15, -0.1) is 0 Å². The van der Waals surface area contributed by atoms with Crippen LogP contribution < -0.4 is 0 Å². The third kappa shape index (κ3) is 5.06. The lowest BCUT2D eigenvalue weighted by Gasteiger charge is -2.21. The molecule has 3 heterocycles. The van der Waals surface area contributed by atoms with Crippen molar-refractivity contribution in [3.63, 3.8) is 0 Å². The van der Waals surface area contributed by atoms with E-state index in [0.717, 1.165) is 34.0 Å². The lowest BCUT2D eigenvalue weighted by Crippen LogP contribution is -2.07. The van der Waals surface area contributed by atoms with Crippen LogP contribution >= 0.6 is 0 Å². The van der Waals surface area contributed by atoms with E-state index in [1.54, 1.807) is 0 Å². The molecular weight excluding hydrogens is 693 g/mol. The molecule has 3 heteroatoms. The topological polar surface area (TPSA) is 23.0 Å². The van der Waals surface area contributed by atoms with Crippen molar-refractivity contribution in [2.45, 2.75) is 12.5 Å². The molecule has 0 amide bonds. The summed E-state index contributed by atoms with van der Waals surface area (Å²) in [7, 11) is 0. The smallest absolute Gasteiger partial charge is 0.135 e.